The van der Waals surface area contributed by atoms with Crippen LogP contribution in [0.3, 0.4) is 0 Å². The van der Waals surface area contributed by atoms with Crippen molar-refractivity contribution in [2.45, 2.75) is 25.9 Å². The molecule has 1 unspecified atom stereocenters. The minimum absolute atomic E-state index is 0.0774. The van der Waals surface area contributed by atoms with Crippen molar-refractivity contribution in [1.29, 1.82) is 0 Å². The number of amides is 1. The van der Waals surface area contributed by atoms with Gasteiger partial charge in [-0.15, -0.1) is 0 Å². The summed E-state index contributed by atoms with van der Waals surface area (Å²) in [6.45, 7) is 5.26. The summed E-state index contributed by atoms with van der Waals surface area (Å²) in [5, 5.41) is 12.7. The molecule has 1 atom stereocenters. The lowest BCUT2D eigenvalue weighted by molar-refractivity contribution is -0.117. The third-order valence-corrected chi connectivity index (χ3v) is 3.55. The van der Waals surface area contributed by atoms with Gasteiger partial charge in [0.15, 0.2) is 0 Å². The van der Waals surface area contributed by atoms with Crippen molar-refractivity contribution in [1.82, 2.24) is 4.90 Å². The Morgan fingerprint density at radius 3 is 2.95 bits per heavy atom. The average Bonchev–Trinajstić information content (AvgIpc) is 2.64. The molecule has 5 heteroatoms. The highest BCUT2D eigenvalue weighted by Gasteiger charge is 2.31. The van der Waals surface area contributed by atoms with E-state index in [1.165, 1.54) is 0 Å². The Labute approximate surface area is 113 Å². The standard InChI is InChI=1S/C14H21N3O2/c1-10-11(15)4-3-5-12(10)16-13(18)8-17-7-6-14(2,19)9-17/h3-5,19H,6-9,15H2,1-2H3,(H,16,18). The number of carbonyl (C=O) groups is 1. The molecule has 1 amide bonds. The summed E-state index contributed by atoms with van der Waals surface area (Å²) in [6.07, 6.45) is 0.706. The zero-order chi connectivity index (χ0) is 14.0. The predicted molar refractivity (Wildman–Crippen MR) is 75.9 cm³/mol. The third-order valence-electron chi connectivity index (χ3n) is 3.55. The Morgan fingerprint density at radius 1 is 1.58 bits per heavy atom. The van der Waals surface area contributed by atoms with Crippen molar-refractivity contribution in [3.05, 3.63) is 23.8 Å². The monoisotopic (exact) mass is 263 g/mol. The molecular weight excluding hydrogens is 242 g/mol. The Bertz CT molecular complexity index is 486. The Morgan fingerprint density at radius 2 is 2.32 bits per heavy atom. The second kappa shape index (κ2) is 5.19. The number of benzene rings is 1. The van der Waals surface area contributed by atoms with Gasteiger partial charge in [-0.1, -0.05) is 6.07 Å². The maximum absolute atomic E-state index is 12.0. The highest BCUT2D eigenvalue weighted by atomic mass is 16.3. The van der Waals surface area contributed by atoms with Crippen LogP contribution in [-0.4, -0.2) is 41.1 Å². The zero-order valence-corrected chi connectivity index (χ0v) is 11.4. The van der Waals surface area contributed by atoms with E-state index in [9.17, 15) is 9.90 Å². The van der Waals surface area contributed by atoms with E-state index in [0.717, 1.165) is 17.8 Å². The molecule has 0 aromatic heterocycles. The molecule has 4 N–H and O–H groups in total. The molecule has 1 aromatic carbocycles. The summed E-state index contributed by atoms with van der Waals surface area (Å²) in [4.78, 5) is 13.9. The van der Waals surface area contributed by atoms with Gasteiger partial charge in [-0.05, 0) is 38.0 Å². The molecule has 1 heterocycles. The quantitative estimate of drug-likeness (QED) is 0.710. The Balaban J connectivity index is 1.93. The van der Waals surface area contributed by atoms with Crippen LogP contribution in [0.2, 0.25) is 0 Å². The molecule has 2 rings (SSSR count). The lowest BCUT2D eigenvalue weighted by atomic mass is 10.1. The van der Waals surface area contributed by atoms with Crippen LogP contribution in [0.25, 0.3) is 0 Å². The van der Waals surface area contributed by atoms with Gasteiger partial charge in [-0.25, -0.2) is 0 Å². The lowest BCUT2D eigenvalue weighted by Gasteiger charge is -2.18. The van der Waals surface area contributed by atoms with Crippen molar-refractivity contribution in [3.63, 3.8) is 0 Å². The number of nitrogen functional groups attached to an aromatic ring is 1. The number of rotatable bonds is 3. The van der Waals surface area contributed by atoms with Crippen LogP contribution in [0.1, 0.15) is 18.9 Å². The summed E-state index contributed by atoms with van der Waals surface area (Å²) in [5.74, 6) is -0.0774. The molecule has 104 valence electrons. The van der Waals surface area contributed by atoms with Gasteiger partial charge < -0.3 is 16.2 Å². The molecule has 5 nitrogen and oxygen atoms in total. The fourth-order valence-corrected chi connectivity index (χ4v) is 2.36. The summed E-state index contributed by atoms with van der Waals surface area (Å²) in [6, 6.07) is 5.46. The van der Waals surface area contributed by atoms with Crippen LogP contribution < -0.4 is 11.1 Å². The maximum Gasteiger partial charge on any atom is 0.238 e. The SMILES string of the molecule is Cc1c(N)cccc1NC(=O)CN1CCC(C)(O)C1. The molecule has 1 aliphatic rings. The molecular formula is C14H21N3O2. The molecule has 0 bridgehead atoms. The highest BCUT2D eigenvalue weighted by Crippen LogP contribution is 2.22. The Kier molecular flexibility index (Phi) is 3.78. The molecule has 0 radical (unpaired) electrons. The van der Waals surface area contributed by atoms with Gasteiger partial charge >= 0.3 is 0 Å². The number of aliphatic hydroxyl groups is 1. The number of nitrogens with zero attached hydrogens (tertiary/aromatic N) is 1. The van der Waals surface area contributed by atoms with Gasteiger partial charge in [0.2, 0.25) is 5.91 Å². The maximum atomic E-state index is 12.0. The number of likely N-dealkylation sites (tertiary alicyclic amines) is 1. The lowest BCUT2D eigenvalue weighted by Crippen LogP contribution is -2.35. The van der Waals surface area contributed by atoms with E-state index in [-0.39, 0.29) is 5.91 Å². The van der Waals surface area contributed by atoms with Crippen LogP contribution in [-0.2, 0) is 4.79 Å². The number of β-amino-alcohol motifs (C(OH)–C–C–N with tert-alkyl or cyclic N) is 1. The number of nitrogens with two attached hydrogens (primary N) is 1. The van der Waals surface area contributed by atoms with Gasteiger partial charge in [0, 0.05) is 24.5 Å². The molecule has 0 spiro atoms. The number of hydrogen-bond donors (Lipinski definition) is 3. The van der Waals surface area contributed by atoms with E-state index in [1.54, 1.807) is 6.92 Å². The van der Waals surface area contributed by atoms with Gasteiger partial charge in [0.05, 0.1) is 12.1 Å². The predicted octanol–water partition coefficient (Wildman–Crippen LogP) is 0.972. The van der Waals surface area contributed by atoms with E-state index in [2.05, 4.69) is 5.32 Å². The molecule has 1 aromatic rings. The summed E-state index contributed by atoms with van der Waals surface area (Å²) >= 11 is 0. The molecule has 1 fully saturated rings. The van der Waals surface area contributed by atoms with E-state index < -0.39 is 5.60 Å². The first-order chi connectivity index (χ1) is 8.87. The van der Waals surface area contributed by atoms with Crippen molar-refractivity contribution >= 4 is 17.3 Å². The number of anilines is 2. The summed E-state index contributed by atoms with van der Waals surface area (Å²) in [5.41, 5.74) is 7.42. The molecule has 1 saturated heterocycles. The largest absolute Gasteiger partial charge is 0.398 e. The fraction of sp³-hybridized carbons (Fsp3) is 0.500. The van der Waals surface area contributed by atoms with Crippen LogP contribution in [0.5, 0.6) is 0 Å². The van der Waals surface area contributed by atoms with Gasteiger partial charge in [-0.2, -0.15) is 0 Å². The van der Waals surface area contributed by atoms with Gasteiger partial charge in [0.25, 0.3) is 0 Å². The number of carbonyl (C=O) groups excluding carboxylic acids is 1. The number of hydrogen-bond acceptors (Lipinski definition) is 4. The minimum atomic E-state index is -0.673. The summed E-state index contributed by atoms with van der Waals surface area (Å²) < 4.78 is 0. The summed E-state index contributed by atoms with van der Waals surface area (Å²) in [7, 11) is 0. The molecule has 19 heavy (non-hydrogen) atoms. The third kappa shape index (κ3) is 3.45. The van der Waals surface area contributed by atoms with Crippen LogP contribution >= 0.6 is 0 Å². The van der Waals surface area contributed by atoms with Crippen molar-refractivity contribution in [2.75, 3.05) is 30.7 Å². The molecule has 0 saturated carbocycles. The first kappa shape index (κ1) is 13.8. The molecule has 0 aliphatic carbocycles. The van der Waals surface area contributed by atoms with Crippen molar-refractivity contribution in [2.24, 2.45) is 0 Å². The smallest absolute Gasteiger partial charge is 0.238 e. The fourth-order valence-electron chi connectivity index (χ4n) is 2.36. The first-order valence-corrected chi connectivity index (χ1v) is 6.47. The van der Waals surface area contributed by atoms with Crippen LogP contribution in [0.15, 0.2) is 18.2 Å². The topological polar surface area (TPSA) is 78.6 Å². The molecule has 1 aliphatic heterocycles. The number of nitrogens with one attached hydrogen (secondary N) is 1. The first-order valence-electron chi connectivity index (χ1n) is 6.47. The minimum Gasteiger partial charge on any atom is -0.398 e. The van der Waals surface area contributed by atoms with Gasteiger partial charge in [0.1, 0.15) is 0 Å². The van der Waals surface area contributed by atoms with Crippen LogP contribution in [0, 0.1) is 6.92 Å². The van der Waals surface area contributed by atoms with Crippen molar-refractivity contribution in [3.8, 4) is 0 Å². The van der Waals surface area contributed by atoms with Crippen molar-refractivity contribution < 1.29 is 9.90 Å². The second-order valence-electron chi connectivity index (χ2n) is 5.53. The normalized spacial score (nSPS) is 23.5. The second-order valence-corrected chi connectivity index (χ2v) is 5.53. The van der Waals surface area contributed by atoms with Crippen LogP contribution in [0.4, 0.5) is 11.4 Å². The van der Waals surface area contributed by atoms with E-state index in [4.69, 9.17) is 5.73 Å². The van der Waals surface area contributed by atoms with Gasteiger partial charge in [-0.3, -0.25) is 9.69 Å². The zero-order valence-electron chi connectivity index (χ0n) is 11.4. The average molecular weight is 263 g/mol. The van der Waals surface area contributed by atoms with E-state index >= 15 is 0 Å². The van der Waals surface area contributed by atoms with E-state index in [0.29, 0.717) is 25.2 Å². The Hall–Kier alpha value is -1.59. The highest BCUT2D eigenvalue weighted by molar-refractivity contribution is 5.93. The van der Waals surface area contributed by atoms with E-state index in [1.807, 2.05) is 30.0 Å².